The Balaban J connectivity index is 2.08. The smallest absolute Gasteiger partial charge is 0.0573 e. The molecule has 2 unspecified atom stereocenters. The zero-order chi connectivity index (χ0) is 11.5. The molecule has 88 valence electrons. The highest BCUT2D eigenvalue weighted by molar-refractivity contribution is 6.18. The predicted molar refractivity (Wildman–Crippen MR) is 67.7 cm³/mol. The third kappa shape index (κ3) is 2.38. The van der Waals surface area contributed by atoms with Gasteiger partial charge >= 0.3 is 0 Å². The Morgan fingerprint density at radius 1 is 1.56 bits per heavy atom. The number of halogens is 1. The molecule has 0 aromatic carbocycles. The van der Waals surface area contributed by atoms with Crippen LogP contribution in [0.5, 0.6) is 0 Å². The van der Waals surface area contributed by atoms with Crippen molar-refractivity contribution in [1.29, 1.82) is 0 Å². The van der Waals surface area contributed by atoms with Crippen LogP contribution >= 0.6 is 11.6 Å². The van der Waals surface area contributed by atoms with Crippen LogP contribution in [0.25, 0.3) is 0 Å². The number of aryl methyl sites for hydroxylation is 1. The summed E-state index contributed by atoms with van der Waals surface area (Å²) in [6.07, 6.45) is 3.13. The number of hydrogen-bond donors (Lipinski definition) is 0. The largest absolute Gasteiger partial charge is 0.293 e. The molecule has 0 bridgehead atoms. The molecule has 0 amide bonds. The molecule has 0 N–H and O–H groups in total. The molecule has 2 nitrogen and oxygen atoms in total. The van der Waals surface area contributed by atoms with Crippen molar-refractivity contribution in [2.45, 2.75) is 32.9 Å². The van der Waals surface area contributed by atoms with E-state index in [9.17, 15) is 0 Å². The standard InChI is InChI=1S/C13H19ClN2/c1-10-4-3-6-15-12(10)9-16-7-5-11(2)13(16)8-14/h3-4,6,11,13H,5,7-9H2,1-2H3. The quantitative estimate of drug-likeness (QED) is 0.753. The Labute approximate surface area is 103 Å². The van der Waals surface area contributed by atoms with Gasteiger partial charge in [0.05, 0.1) is 5.69 Å². The Kier molecular flexibility index (Phi) is 3.82. The number of pyridine rings is 1. The summed E-state index contributed by atoms with van der Waals surface area (Å²) in [7, 11) is 0. The highest BCUT2D eigenvalue weighted by atomic mass is 35.5. The van der Waals surface area contributed by atoms with Crippen LogP contribution in [0.4, 0.5) is 0 Å². The first kappa shape index (κ1) is 11.9. The number of rotatable bonds is 3. The summed E-state index contributed by atoms with van der Waals surface area (Å²) in [4.78, 5) is 6.92. The number of hydrogen-bond acceptors (Lipinski definition) is 2. The lowest BCUT2D eigenvalue weighted by molar-refractivity contribution is 0.239. The van der Waals surface area contributed by atoms with Gasteiger partial charge in [-0.25, -0.2) is 0 Å². The summed E-state index contributed by atoms with van der Waals surface area (Å²) in [6, 6.07) is 4.63. The van der Waals surface area contributed by atoms with Gasteiger partial charge in [-0.05, 0) is 37.4 Å². The van der Waals surface area contributed by atoms with Crippen molar-refractivity contribution < 1.29 is 0 Å². The molecule has 1 saturated heterocycles. The highest BCUT2D eigenvalue weighted by Crippen LogP contribution is 2.26. The lowest BCUT2D eigenvalue weighted by atomic mass is 10.0. The van der Waals surface area contributed by atoms with Gasteiger partial charge in [-0.1, -0.05) is 13.0 Å². The average molecular weight is 239 g/mol. The fraction of sp³-hybridized carbons (Fsp3) is 0.615. The Morgan fingerprint density at radius 2 is 2.38 bits per heavy atom. The molecular weight excluding hydrogens is 220 g/mol. The molecule has 1 fully saturated rings. The maximum atomic E-state index is 6.04. The van der Waals surface area contributed by atoms with Gasteiger partial charge in [0.1, 0.15) is 0 Å². The summed E-state index contributed by atoms with van der Waals surface area (Å²) >= 11 is 6.04. The number of alkyl halides is 1. The van der Waals surface area contributed by atoms with Crippen LogP contribution in [0.1, 0.15) is 24.6 Å². The second-order valence-corrected chi connectivity index (χ2v) is 5.03. The van der Waals surface area contributed by atoms with E-state index in [1.165, 1.54) is 17.7 Å². The fourth-order valence-corrected chi connectivity index (χ4v) is 2.91. The molecule has 3 heteroatoms. The normalized spacial score (nSPS) is 26.2. The summed E-state index contributed by atoms with van der Waals surface area (Å²) in [5.74, 6) is 1.44. The van der Waals surface area contributed by atoms with E-state index in [1.54, 1.807) is 0 Å². The van der Waals surface area contributed by atoms with E-state index < -0.39 is 0 Å². The lowest BCUT2D eigenvalue weighted by Crippen LogP contribution is -2.33. The van der Waals surface area contributed by atoms with Crippen molar-refractivity contribution in [3.05, 3.63) is 29.6 Å². The maximum Gasteiger partial charge on any atom is 0.0573 e. The first-order chi connectivity index (χ1) is 7.72. The number of likely N-dealkylation sites (tertiary alicyclic amines) is 1. The maximum absolute atomic E-state index is 6.04. The summed E-state index contributed by atoms with van der Waals surface area (Å²) in [5, 5.41) is 0. The first-order valence-electron chi connectivity index (χ1n) is 5.93. The van der Waals surface area contributed by atoms with E-state index in [-0.39, 0.29) is 0 Å². The van der Waals surface area contributed by atoms with Crippen LogP contribution in [0.15, 0.2) is 18.3 Å². The monoisotopic (exact) mass is 238 g/mol. The number of nitrogens with zero attached hydrogens (tertiary/aromatic N) is 2. The van der Waals surface area contributed by atoms with Crippen LogP contribution < -0.4 is 0 Å². The van der Waals surface area contributed by atoms with Gasteiger partial charge in [0.25, 0.3) is 0 Å². The molecular formula is C13H19ClN2. The van der Waals surface area contributed by atoms with E-state index in [2.05, 4.69) is 29.8 Å². The summed E-state index contributed by atoms with van der Waals surface area (Å²) in [5.41, 5.74) is 2.46. The van der Waals surface area contributed by atoms with Crippen LogP contribution in [0, 0.1) is 12.8 Å². The second kappa shape index (κ2) is 5.15. The molecule has 2 rings (SSSR count). The molecule has 0 saturated carbocycles. The Morgan fingerprint density at radius 3 is 3.06 bits per heavy atom. The molecule has 16 heavy (non-hydrogen) atoms. The van der Waals surface area contributed by atoms with Crippen molar-refractivity contribution in [2.75, 3.05) is 12.4 Å². The van der Waals surface area contributed by atoms with Gasteiger partial charge in [0.15, 0.2) is 0 Å². The van der Waals surface area contributed by atoms with E-state index in [1.807, 2.05) is 12.3 Å². The molecule has 1 aliphatic rings. The van der Waals surface area contributed by atoms with Gasteiger partial charge < -0.3 is 0 Å². The van der Waals surface area contributed by atoms with Crippen LogP contribution in [-0.2, 0) is 6.54 Å². The Bertz CT molecular complexity index is 354. The van der Waals surface area contributed by atoms with E-state index in [4.69, 9.17) is 11.6 Å². The average Bonchev–Trinajstić information content (AvgIpc) is 2.63. The van der Waals surface area contributed by atoms with Crippen LogP contribution in [-0.4, -0.2) is 28.4 Å². The molecule has 1 aromatic rings. The summed E-state index contributed by atoms with van der Waals surface area (Å²) in [6.45, 7) is 6.50. The minimum Gasteiger partial charge on any atom is -0.293 e. The van der Waals surface area contributed by atoms with Gasteiger partial charge in [0.2, 0.25) is 0 Å². The van der Waals surface area contributed by atoms with E-state index >= 15 is 0 Å². The van der Waals surface area contributed by atoms with E-state index in [0.29, 0.717) is 12.0 Å². The molecule has 2 heterocycles. The summed E-state index contributed by atoms with van der Waals surface area (Å²) < 4.78 is 0. The van der Waals surface area contributed by atoms with Gasteiger partial charge in [0, 0.05) is 24.7 Å². The third-order valence-corrected chi connectivity index (χ3v) is 3.94. The first-order valence-corrected chi connectivity index (χ1v) is 6.46. The van der Waals surface area contributed by atoms with Crippen molar-refractivity contribution in [1.82, 2.24) is 9.88 Å². The SMILES string of the molecule is Cc1cccnc1CN1CCC(C)C1CCl. The zero-order valence-electron chi connectivity index (χ0n) is 9.99. The van der Waals surface area contributed by atoms with Crippen molar-refractivity contribution in [2.24, 2.45) is 5.92 Å². The third-order valence-electron chi connectivity index (χ3n) is 3.63. The lowest BCUT2D eigenvalue weighted by Gasteiger charge is -2.24. The molecule has 1 aliphatic heterocycles. The molecule has 2 atom stereocenters. The molecule has 0 spiro atoms. The topological polar surface area (TPSA) is 16.1 Å². The van der Waals surface area contributed by atoms with Crippen LogP contribution in [0.2, 0.25) is 0 Å². The number of aromatic nitrogens is 1. The minimum atomic E-state index is 0.517. The van der Waals surface area contributed by atoms with Crippen molar-refractivity contribution >= 4 is 11.6 Å². The molecule has 0 radical (unpaired) electrons. The second-order valence-electron chi connectivity index (χ2n) is 4.73. The fourth-order valence-electron chi connectivity index (χ4n) is 2.41. The molecule has 1 aromatic heterocycles. The Hall–Kier alpha value is -0.600. The van der Waals surface area contributed by atoms with Crippen LogP contribution in [0.3, 0.4) is 0 Å². The van der Waals surface area contributed by atoms with Crippen molar-refractivity contribution in [3.63, 3.8) is 0 Å². The van der Waals surface area contributed by atoms with Crippen molar-refractivity contribution in [3.8, 4) is 0 Å². The minimum absolute atomic E-state index is 0.517. The highest BCUT2D eigenvalue weighted by Gasteiger charge is 2.30. The van der Waals surface area contributed by atoms with Gasteiger partial charge in [-0.2, -0.15) is 0 Å². The molecule has 0 aliphatic carbocycles. The van der Waals surface area contributed by atoms with Gasteiger partial charge in [-0.3, -0.25) is 9.88 Å². The predicted octanol–water partition coefficient (Wildman–Crippen LogP) is 2.84. The zero-order valence-corrected chi connectivity index (χ0v) is 10.7. The van der Waals surface area contributed by atoms with E-state index in [0.717, 1.165) is 19.0 Å². The van der Waals surface area contributed by atoms with Gasteiger partial charge in [-0.15, -0.1) is 11.6 Å².